The zero-order chi connectivity index (χ0) is 26.6. The van der Waals surface area contributed by atoms with Gasteiger partial charge in [0.15, 0.2) is 5.78 Å². The second-order valence-electron chi connectivity index (χ2n) is 10.2. The minimum absolute atomic E-state index is 0.135. The van der Waals surface area contributed by atoms with Gasteiger partial charge in [0.2, 0.25) is 5.95 Å². The van der Waals surface area contributed by atoms with E-state index in [4.69, 9.17) is 14.7 Å². The molecule has 202 valence electrons. The standard InChI is InChI=1S/C30H35N7O2/c1-2-28(38)22-7-9-25(10-8-22)32-29-20-26(33-30(34-29)36-15-17-39-18-16-36)23-5-6-24-21-31-37(27(24)19-23)14-13-35-11-3-4-12-35/h5-10,19-21H,2-4,11-18H2,1H3,(H,32,33,34). The number of fused-ring (bicyclic) bond motifs is 1. The Labute approximate surface area is 228 Å². The van der Waals surface area contributed by atoms with Crippen LogP contribution < -0.4 is 10.2 Å². The van der Waals surface area contributed by atoms with Crippen LogP contribution in [0.25, 0.3) is 22.2 Å². The number of benzene rings is 2. The van der Waals surface area contributed by atoms with Gasteiger partial charge in [-0.3, -0.25) is 9.48 Å². The highest BCUT2D eigenvalue weighted by Crippen LogP contribution is 2.28. The van der Waals surface area contributed by atoms with Gasteiger partial charge in [-0.25, -0.2) is 4.98 Å². The van der Waals surface area contributed by atoms with Gasteiger partial charge in [0.1, 0.15) is 5.82 Å². The van der Waals surface area contributed by atoms with E-state index in [1.807, 2.05) is 43.5 Å². The predicted molar refractivity (Wildman–Crippen MR) is 154 cm³/mol. The van der Waals surface area contributed by atoms with Crippen LogP contribution in [0.15, 0.2) is 54.7 Å². The van der Waals surface area contributed by atoms with E-state index in [1.54, 1.807) is 0 Å². The third-order valence-corrected chi connectivity index (χ3v) is 7.58. The van der Waals surface area contributed by atoms with Crippen LogP contribution in [0.4, 0.5) is 17.5 Å². The third kappa shape index (κ3) is 5.79. The number of anilines is 3. The van der Waals surface area contributed by atoms with Crippen LogP contribution in [0.1, 0.15) is 36.5 Å². The van der Waals surface area contributed by atoms with E-state index in [9.17, 15) is 4.79 Å². The predicted octanol–water partition coefficient (Wildman–Crippen LogP) is 4.76. The smallest absolute Gasteiger partial charge is 0.228 e. The lowest BCUT2D eigenvalue weighted by Crippen LogP contribution is -2.37. The highest BCUT2D eigenvalue weighted by Gasteiger charge is 2.18. The topological polar surface area (TPSA) is 88.4 Å². The first-order valence-electron chi connectivity index (χ1n) is 14.0. The summed E-state index contributed by atoms with van der Waals surface area (Å²) in [6.45, 7) is 8.95. The van der Waals surface area contributed by atoms with Crippen molar-refractivity contribution < 1.29 is 9.53 Å². The molecule has 0 bridgehead atoms. The number of Topliss-reactive ketones (excluding diaryl/α,β-unsaturated/α-hetero) is 1. The molecule has 0 saturated carbocycles. The molecule has 0 spiro atoms. The summed E-state index contributed by atoms with van der Waals surface area (Å²) >= 11 is 0. The summed E-state index contributed by atoms with van der Waals surface area (Å²) in [5.74, 6) is 1.52. The fraction of sp³-hybridized carbons (Fsp3) is 0.400. The third-order valence-electron chi connectivity index (χ3n) is 7.58. The van der Waals surface area contributed by atoms with Gasteiger partial charge in [-0.2, -0.15) is 10.1 Å². The Balaban J connectivity index is 1.31. The first-order valence-corrected chi connectivity index (χ1v) is 14.0. The quantitative estimate of drug-likeness (QED) is 0.313. The minimum atomic E-state index is 0.135. The molecule has 2 aliphatic rings. The van der Waals surface area contributed by atoms with E-state index < -0.39 is 0 Å². The average Bonchev–Trinajstić information content (AvgIpc) is 3.66. The number of ether oxygens (including phenoxy) is 1. The normalized spacial score (nSPS) is 16.2. The molecule has 1 N–H and O–H groups in total. The number of nitrogens with zero attached hydrogens (tertiary/aromatic N) is 6. The Morgan fingerprint density at radius 3 is 2.51 bits per heavy atom. The number of carbonyl (C=O) groups excluding carboxylic acids is 1. The van der Waals surface area contributed by atoms with Crippen LogP contribution in [0.5, 0.6) is 0 Å². The lowest BCUT2D eigenvalue weighted by Gasteiger charge is -2.27. The molecular formula is C30H35N7O2. The van der Waals surface area contributed by atoms with Crippen molar-refractivity contribution in [2.24, 2.45) is 0 Å². The molecule has 2 fully saturated rings. The van der Waals surface area contributed by atoms with Crippen molar-refractivity contribution in [2.45, 2.75) is 32.7 Å². The Kier molecular flexibility index (Phi) is 7.51. The van der Waals surface area contributed by atoms with E-state index in [2.05, 4.69) is 43.1 Å². The van der Waals surface area contributed by atoms with Crippen LogP contribution in [0.2, 0.25) is 0 Å². The van der Waals surface area contributed by atoms with Crippen LogP contribution in [-0.2, 0) is 11.3 Å². The monoisotopic (exact) mass is 525 g/mol. The van der Waals surface area contributed by atoms with Gasteiger partial charge in [0, 0.05) is 54.3 Å². The molecule has 2 aromatic heterocycles. The number of ketones is 1. The number of morpholine rings is 1. The Hall–Kier alpha value is -3.82. The summed E-state index contributed by atoms with van der Waals surface area (Å²) in [6.07, 6.45) is 5.02. The van der Waals surface area contributed by atoms with Gasteiger partial charge in [0.05, 0.1) is 37.2 Å². The Bertz CT molecular complexity index is 1440. The van der Waals surface area contributed by atoms with Crippen molar-refractivity contribution in [3.63, 3.8) is 0 Å². The van der Waals surface area contributed by atoms with Crippen molar-refractivity contribution in [3.05, 3.63) is 60.3 Å². The maximum absolute atomic E-state index is 12.0. The number of rotatable bonds is 9. The molecule has 9 heteroatoms. The summed E-state index contributed by atoms with van der Waals surface area (Å²) in [5, 5.41) is 9.24. The maximum Gasteiger partial charge on any atom is 0.228 e. The maximum atomic E-state index is 12.0. The van der Waals surface area contributed by atoms with Crippen molar-refractivity contribution in [3.8, 4) is 11.3 Å². The largest absolute Gasteiger partial charge is 0.378 e. The van der Waals surface area contributed by atoms with Crippen LogP contribution in [0, 0.1) is 0 Å². The first kappa shape index (κ1) is 25.5. The summed E-state index contributed by atoms with van der Waals surface area (Å²) in [7, 11) is 0. The van der Waals surface area contributed by atoms with Crippen LogP contribution in [0.3, 0.4) is 0 Å². The molecule has 0 atom stereocenters. The van der Waals surface area contributed by atoms with Crippen LogP contribution >= 0.6 is 0 Å². The van der Waals surface area contributed by atoms with Gasteiger partial charge in [-0.1, -0.05) is 19.1 Å². The molecule has 6 rings (SSSR count). The SMILES string of the molecule is CCC(=O)c1ccc(Nc2cc(-c3ccc4cnn(CCN5CCCC5)c4c3)nc(N3CCOCC3)n2)cc1. The highest BCUT2D eigenvalue weighted by atomic mass is 16.5. The van der Waals surface area contributed by atoms with Gasteiger partial charge in [-0.15, -0.1) is 0 Å². The van der Waals surface area contributed by atoms with E-state index in [0.29, 0.717) is 31.4 Å². The molecule has 0 radical (unpaired) electrons. The second kappa shape index (κ2) is 11.5. The molecule has 39 heavy (non-hydrogen) atoms. The van der Waals surface area contributed by atoms with Crippen molar-refractivity contribution in [2.75, 3.05) is 56.2 Å². The molecule has 2 aliphatic heterocycles. The fourth-order valence-corrected chi connectivity index (χ4v) is 5.29. The Morgan fingerprint density at radius 2 is 1.74 bits per heavy atom. The lowest BCUT2D eigenvalue weighted by molar-refractivity contribution is 0.0988. The summed E-state index contributed by atoms with van der Waals surface area (Å²) in [6, 6.07) is 16.0. The molecule has 2 saturated heterocycles. The van der Waals surface area contributed by atoms with E-state index in [1.165, 1.54) is 25.9 Å². The molecule has 4 aromatic rings. The van der Waals surface area contributed by atoms with Gasteiger partial charge in [0.25, 0.3) is 0 Å². The second-order valence-corrected chi connectivity index (χ2v) is 10.2. The van der Waals surface area contributed by atoms with E-state index >= 15 is 0 Å². The average molecular weight is 526 g/mol. The molecule has 0 aliphatic carbocycles. The van der Waals surface area contributed by atoms with Crippen molar-refractivity contribution >= 4 is 34.1 Å². The number of hydrogen-bond acceptors (Lipinski definition) is 8. The minimum Gasteiger partial charge on any atom is -0.378 e. The molecule has 4 heterocycles. The number of hydrogen-bond donors (Lipinski definition) is 1. The van der Waals surface area contributed by atoms with Crippen molar-refractivity contribution in [1.82, 2.24) is 24.6 Å². The van der Waals surface area contributed by atoms with Crippen LogP contribution in [-0.4, -0.2) is 76.4 Å². The zero-order valence-electron chi connectivity index (χ0n) is 22.5. The number of likely N-dealkylation sites (tertiary alicyclic amines) is 1. The molecule has 2 aromatic carbocycles. The lowest BCUT2D eigenvalue weighted by atomic mass is 10.1. The first-order chi connectivity index (χ1) is 19.2. The van der Waals surface area contributed by atoms with E-state index in [0.717, 1.165) is 59.6 Å². The Morgan fingerprint density at radius 1 is 0.949 bits per heavy atom. The molecule has 9 nitrogen and oxygen atoms in total. The number of aromatic nitrogens is 4. The zero-order valence-corrected chi connectivity index (χ0v) is 22.5. The number of nitrogens with one attached hydrogen (secondary N) is 1. The van der Waals surface area contributed by atoms with Gasteiger partial charge >= 0.3 is 0 Å². The summed E-state index contributed by atoms with van der Waals surface area (Å²) in [4.78, 5) is 26.6. The van der Waals surface area contributed by atoms with Gasteiger partial charge < -0.3 is 19.9 Å². The van der Waals surface area contributed by atoms with E-state index in [-0.39, 0.29) is 5.78 Å². The summed E-state index contributed by atoms with van der Waals surface area (Å²) in [5.41, 5.74) is 4.57. The number of carbonyl (C=O) groups is 1. The molecular weight excluding hydrogens is 490 g/mol. The molecule has 0 unspecified atom stereocenters. The highest BCUT2D eigenvalue weighted by molar-refractivity contribution is 5.96. The molecule has 0 amide bonds. The van der Waals surface area contributed by atoms with Gasteiger partial charge in [-0.05, 0) is 56.3 Å². The fourth-order valence-electron chi connectivity index (χ4n) is 5.29. The van der Waals surface area contributed by atoms with Crippen molar-refractivity contribution in [1.29, 1.82) is 0 Å². The summed E-state index contributed by atoms with van der Waals surface area (Å²) < 4.78 is 7.67.